The number of guanidine groups is 1. The Balaban J connectivity index is 1.96. The van der Waals surface area contributed by atoms with E-state index < -0.39 is 0 Å². The Kier molecular flexibility index (Phi) is 8.70. The number of hydrogen-bond donors (Lipinski definition) is 2. The van der Waals surface area contributed by atoms with Crippen LogP contribution in [0.25, 0.3) is 0 Å². The molecule has 0 spiro atoms. The first-order chi connectivity index (χ1) is 13.8. The smallest absolute Gasteiger partial charge is 0.191 e. The molecule has 2 N–H and O–H groups in total. The van der Waals surface area contributed by atoms with Crippen molar-refractivity contribution in [1.29, 1.82) is 0 Å². The third-order valence-electron chi connectivity index (χ3n) is 4.92. The Morgan fingerprint density at radius 2 is 1.79 bits per heavy atom. The molecular formula is C23H37N5O. The minimum atomic E-state index is 0.245. The van der Waals surface area contributed by atoms with Crippen LogP contribution in [-0.2, 0) is 31.4 Å². The van der Waals surface area contributed by atoms with Crippen molar-refractivity contribution in [1.82, 2.24) is 20.4 Å². The minimum absolute atomic E-state index is 0.245. The summed E-state index contributed by atoms with van der Waals surface area (Å²) in [5.74, 6) is 0.839. The van der Waals surface area contributed by atoms with Gasteiger partial charge in [-0.25, -0.2) is 4.99 Å². The van der Waals surface area contributed by atoms with Gasteiger partial charge in [0.05, 0.1) is 24.9 Å². The van der Waals surface area contributed by atoms with Crippen molar-refractivity contribution in [3.63, 3.8) is 0 Å². The van der Waals surface area contributed by atoms with E-state index in [-0.39, 0.29) is 12.1 Å². The summed E-state index contributed by atoms with van der Waals surface area (Å²) in [4.78, 5) is 4.76. The number of rotatable bonds is 9. The Bertz CT molecular complexity index is 792. The average molecular weight is 400 g/mol. The highest BCUT2D eigenvalue weighted by Gasteiger charge is 2.14. The standard InChI is InChI=1S/C23H37N5O/c1-8-24-23(26-17(4)13-22-18(5)27-28(7)19(22)6)25-14-20-9-11-21(12-10-20)15-29-16(2)3/h9-12,16-17H,8,13-15H2,1-7H3,(H2,24,25,26). The third-order valence-corrected chi connectivity index (χ3v) is 4.92. The van der Waals surface area contributed by atoms with E-state index >= 15 is 0 Å². The molecule has 29 heavy (non-hydrogen) atoms. The van der Waals surface area contributed by atoms with Gasteiger partial charge >= 0.3 is 0 Å². The molecule has 160 valence electrons. The monoisotopic (exact) mass is 399 g/mol. The molecule has 0 aliphatic carbocycles. The van der Waals surface area contributed by atoms with Crippen LogP contribution in [0.5, 0.6) is 0 Å². The number of aliphatic imine (C=N–C) groups is 1. The fraction of sp³-hybridized carbons (Fsp3) is 0.565. The summed E-state index contributed by atoms with van der Waals surface area (Å²) in [5, 5.41) is 11.4. The zero-order valence-electron chi connectivity index (χ0n) is 19.0. The van der Waals surface area contributed by atoms with Crippen LogP contribution in [-0.4, -0.2) is 34.4 Å². The molecule has 0 aliphatic heterocycles. The lowest BCUT2D eigenvalue weighted by Crippen LogP contribution is -2.43. The fourth-order valence-corrected chi connectivity index (χ4v) is 3.20. The summed E-state index contributed by atoms with van der Waals surface area (Å²) >= 11 is 0. The number of nitrogens with one attached hydrogen (secondary N) is 2. The van der Waals surface area contributed by atoms with Crippen LogP contribution in [0.15, 0.2) is 29.3 Å². The molecule has 1 unspecified atom stereocenters. The van der Waals surface area contributed by atoms with E-state index in [1.807, 2.05) is 11.7 Å². The maximum Gasteiger partial charge on any atom is 0.191 e. The molecule has 0 amide bonds. The highest BCUT2D eigenvalue weighted by atomic mass is 16.5. The summed E-state index contributed by atoms with van der Waals surface area (Å²) in [6, 6.07) is 8.73. The number of benzene rings is 1. The van der Waals surface area contributed by atoms with Gasteiger partial charge in [0.25, 0.3) is 0 Å². The zero-order valence-corrected chi connectivity index (χ0v) is 19.0. The van der Waals surface area contributed by atoms with Crippen molar-refractivity contribution < 1.29 is 4.74 Å². The molecule has 6 heteroatoms. The van der Waals surface area contributed by atoms with Gasteiger partial charge in [0.15, 0.2) is 5.96 Å². The van der Waals surface area contributed by atoms with E-state index in [0.29, 0.717) is 13.2 Å². The lowest BCUT2D eigenvalue weighted by Gasteiger charge is -2.18. The first-order valence-corrected chi connectivity index (χ1v) is 10.5. The second-order valence-electron chi connectivity index (χ2n) is 7.89. The van der Waals surface area contributed by atoms with Crippen LogP contribution in [0.1, 0.15) is 55.8 Å². The molecule has 6 nitrogen and oxygen atoms in total. The molecule has 1 heterocycles. The summed E-state index contributed by atoms with van der Waals surface area (Å²) < 4.78 is 7.61. The van der Waals surface area contributed by atoms with Gasteiger partial charge < -0.3 is 15.4 Å². The Hall–Kier alpha value is -2.34. The molecule has 0 saturated heterocycles. The van der Waals surface area contributed by atoms with Crippen LogP contribution in [0.4, 0.5) is 0 Å². The third kappa shape index (κ3) is 7.20. The molecule has 1 aromatic heterocycles. The lowest BCUT2D eigenvalue weighted by molar-refractivity contribution is 0.0657. The number of aryl methyl sites for hydroxylation is 2. The van der Waals surface area contributed by atoms with E-state index in [1.54, 1.807) is 0 Å². The summed E-state index contributed by atoms with van der Waals surface area (Å²) in [6.45, 7) is 14.7. The van der Waals surface area contributed by atoms with Crippen molar-refractivity contribution in [3.05, 3.63) is 52.3 Å². The second kappa shape index (κ2) is 11.0. The van der Waals surface area contributed by atoms with Crippen molar-refractivity contribution in [2.75, 3.05) is 6.54 Å². The van der Waals surface area contributed by atoms with E-state index in [4.69, 9.17) is 9.73 Å². The van der Waals surface area contributed by atoms with Crippen molar-refractivity contribution in [3.8, 4) is 0 Å². The van der Waals surface area contributed by atoms with Gasteiger partial charge in [-0.15, -0.1) is 0 Å². The highest BCUT2D eigenvalue weighted by molar-refractivity contribution is 5.80. The zero-order chi connectivity index (χ0) is 21.4. The van der Waals surface area contributed by atoms with E-state index in [9.17, 15) is 0 Å². The SMILES string of the molecule is CCNC(=NCc1ccc(COC(C)C)cc1)NC(C)Cc1c(C)nn(C)c1C. The number of hydrogen-bond acceptors (Lipinski definition) is 3. The quantitative estimate of drug-likeness (QED) is 0.499. The highest BCUT2D eigenvalue weighted by Crippen LogP contribution is 2.14. The van der Waals surface area contributed by atoms with E-state index in [0.717, 1.165) is 24.6 Å². The molecule has 0 aliphatic rings. The topological polar surface area (TPSA) is 63.5 Å². The van der Waals surface area contributed by atoms with Gasteiger partial charge in [0.2, 0.25) is 0 Å². The van der Waals surface area contributed by atoms with Crippen molar-refractivity contribution >= 4 is 5.96 Å². The van der Waals surface area contributed by atoms with E-state index in [1.165, 1.54) is 22.4 Å². The van der Waals surface area contributed by atoms with Gasteiger partial charge in [0, 0.05) is 25.3 Å². The molecular weight excluding hydrogens is 362 g/mol. The van der Waals surface area contributed by atoms with Crippen LogP contribution in [0.2, 0.25) is 0 Å². The van der Waals surface area contributed by atoms with Crippen LogP contribution >= 0.6 is 0 Å². The Morgan fingerprint density at radius 3 is 2.34 bits per heavy atom. The molecule has 0 fully saturated rings. The van der Waals surface area contributed by atoms with Crippen LogP contribution in [0, 0.1) is 13.8 Å². The van der Waals surface area contributed by atoms with Gasteiger partial charge in [0.1, 0.15) is 0 Å². The molecule has 0 bridgehead atoms. The Morgan fingerprint density at radius 1 is 1.14 bits per heavy atom. The first-order valence-electron chi connectivity index (χ1n) is 10.5. The normalized spacial score (nSPS) is 13.0. The summed E-state index contributed by atoms with van der Waals surface area (Å²) in [7, 11) is 2.00. The van der Waals surface area contributed by atoms with E-state index in [2.05, 4.69) is 81.5 Å². The van der Waals surface area contributed by atoms with Gasteiger partial charge in [-0.05, 0) is 64.7 Å². The average Bonchev–Trinajstić information content (AvgIpc) is 2.91. The molecule has 2 aromatic rings. The minimum Gasteiger partial charge on any atom is -0.374 e. The van der Waals surface area contributed by atoms with Crippen LogP contribution < -0.4 is 10.6 Å². The van der Waals surface area contributed by atoms with Gasteiger partial charge in [-0.2, -0.15) is 5.10 Å². The Labute approximate surface area is 175 Å². The molecule has 1 aromatic carbocycles. The van der Waals surface area contributed by atoms with Crippen LogP contribution in [0.3, 0.4) is 0 Å². The van der Waals surface area contributed by atoms with Crippen molar-refractivity contribution in [2.24, 2.45) is 12.0 Å². The maximum atomic E-state index is 5.66. The second-order valence-corrected chi connectivity index (χ2v) is 7.89. The number of nitrogens with zero attached hydrogens (tertiary/aromatic N) is 3. The predicted molar refractivity (Wildman–Crippen MR) is 120 cm³/mol. The summed E-state index contributed by atoms with van der Waals surface area (Å²) in [5.41, 5.74) is 6.00. The first kappa shape index (κ1) is 22.9. The predicted octanol–water partition coefficient (Wildman–Crippen LogP) is 3.65. The molecule has 1 atom stereocenters. The largest absolute Gasteiger partial charge is 0.374 e. The van der Waals surface area contributed by atoms with Crippen molar-refractivity contribution in [2.45, 2.75) is 73.3 Å². The molecule has 2 rings (SSSR count). The fourth-order valence-electron chi connectivity index (χ4n) is 3.20. The maximum absolute atomic E-state index is 5.66. The number of aromatic nitrogens is 2. The molecule has 0 radical (unpaired) electrons. The molecule has 0 saturated carbocycles. The van der Waals surface area contributed by atoms with Gasteiger partial charge in [-0.3, -0.25) is 4.68 Å². The van der Waals surface area contributed by atoms with Gasteiger partial charge in [-0.1, -0.05) is 24.3 Å². The number of ether oxygens (including phenoxy) is 1. The lowest BCUT2D eigenvalue weighted by atomic mass is 10.1. The summed E-state index contributed by atoms with van der Waals surface area (Å²) in [6.07, 6.45) is 1.16.